The molecular weight excluding hydrogens is 290 g/mol. The molecule has 2 amide bonds. The fourth-order valence-corrected chi connectivity index (χ4v) is 3.57. The van der Waals surface area contributed by atoms with Crippen molar-refractivity contribution in [1.82, 2.24) is 10.6 Å². The predicted molar refractivity (Wildman–Crippen MR) is 91.6 cm³/mol. The van der Waals surface area contributed by atoms with E-state index in [1.807, 2.05) is 6.07 Å². The molecule has 5 nitrogen and oxygen atoms in total. The van der Waals surface area contributed by atoms with Gasteiger partial charge in [-0.15, -0.1) is 0 Å². The van der Waals surface area contributed by atoms with Gasteiger partial charge in [0.25, 0.3) is 0 Å². The van der Waals surface area contributed by atoms with E-state index >= 15 is 0 Å². The van der Waals surface area contributed by atoms with Crippen molar-refractivity contribution in [1.29, 1.82) is 0 Å². The van der Waals surface area contributed by atoms with Crippen molar-refractivity contribution in [2.24, 2.45) is 5.92 Å². The van der Waals surface area contributed by atoms with Crippen molar-refractivity contribution in [3.05, 3.63) is 30.3 Å². The first kappa shape index (κ1) is 16.1. The summed E-state index contributed by atoms with van der Waals surface area (Å²) in [5, 5.41) is 15.5. The van der Waals surface area contributed by atoms with Gasteiger partial charge in [-0.2, -0.15) is 0 Å². The Morgan fingerprint density at radius 3 is 2.61 bits per heavy atom. The van der Waals surface area contributed by atoms with Crippen molar-refractivity contribution in [2.75, 3.05) is 24.5 Å². The summed E-state index contributed by atoms with van der Waals surface area (Å²) in [4.78, 5) is 14.4. The summed E-state index contributed by atoms with van der Waals surface area (Å²) in [6, 6.07) is 10.6. The van der Waals surface area contributed by atoms with Crippen LogP contribution in [0.1, 0.15) is 32.1 Å². The first-order chi connectivity index (χ1) is 11.2. The molecule has 1 saturated heterocycles. The highest BCUT2D eigenvalue weighted by Gasteiger charge is 2.24. The minimum Gasteiger partial charge on any atom is -0.393 e. The average molecular weight is 317 g/mol. The highest BCUT2D eigenvalue weighted by molar-refractivity contribution is 5.74. The molecule has 0 bridgehead atoms. The third-order valence-electron chi connectivity index (χ3n) is 4.99. The maximum atomic E-state index is 12.0. The number of amides is 2. The molecule has 1 saturated carbocycles. The van der Waals surface area contributed by atoms with Crippen LogP contribution in [0.5, 0.6) is 0 Å². The number of hydrogen-bond donors (Lipinski definition) is 3. The second-order valence-electron chi connectivity index (χ2n) is 6.80. The summed E-state index contributed by atoms with van der Waals surface area (Å²) < 4.78 is 0. The Hall–Kier alpha value is -1.75. The lowest BCUT2D eigenvalue weighted by Crippen LogP contribution is -2.45. The van der Waals surface area contributed by atoms with Gasteiger partial charge in [-0.25, -0.2) is 4.79 Å². The number of hydrogen-bond acceptors (Lipinski definition) is 3. The van der Waals surface area contributed by atoms with Gasteiger partial charge in [-0.05, 0) is 50.2 Å². The van der Waals surface area contributed by atoms with Crippen LogP contribution >= 0.6 is 0 Å². The number of nitrogens with one attached hydrogen (secondary N) is 2. The number of para-hydroxylation sites is 1. The van der Waals surface area contributed by atoms with E-state index < -0.39 is 0 Å². The molecule has 3 rings (SSSR count). The Kier molecular flexibility index (Phi) is 5.39. The molecule has 23 heavy (non-hydrogen) atoms. The monoisotopic (exact) mass is 317 g/mol. The summed E-state index contributed by atoms with van der Waals surface area (Å²) in [5.41, 5.74) is 1.26. The normalized spacial score (nSPS) is 27.7. The number of aliphatic hydroxyl groups excluding tert-OH is 1. The van der Waals surface area contributed by atoms with E-state index in [1.165, 1.54) is 5.69 Å². The fourth-order valence-electron chi connectivity index (χ4n) is 3.57. The molecule has 0 radical (unpaired) electrons. The number of carbonyl (C=O) groups is 1. The number of nitrogens with zero attached hydrogens (tertiary/aromatic N) is 1. The summed E-state index contributed by atoms with van der Waals surface area (Å²) in [7, 11) is 0. The second kappa shape index (κ2) is 7.68. The molecule has 1 unspecified atom stereocenters. The third-order valence-corrected chi connectivity index (χ3v) is 4.99. The molecule has 2 fully saturated rings. The van der Waals surface area contributed by atoms with Gasteiger partial charge in [-0.3, -0.25) is 0 Å². The molecule has 1 atom stereocenters. The Morgan fingerprint density at radius 1 is 1.13 bits per heavy atom. The lowest BCUT2D eigenvalue weighted by atomic mass is 9.93. The number of carbonyl (C=O) groups excluding carboxylic acids is 1. The van der Waals surface area contributed by atoms with Crippen molar-refractivity contribution < 1.29 is 9.90 Å². The summed E-state index contributed by atoms with van der Waals surface area (Å²) in [6.07, 6.45) is 4.27. The maximum Gasteiger partial charge on any atom is 0.315 e. The minimum absolute atomic E-state index is 0.0652. The minimum atomic E-state index is -0.182. The molecule has 2 aliphatic rings. The standard InChI is InChI=1S/C18H27N3O2/c22-17-8-6-15(7-9-17)20-18(23)19-12-14-10-11-21(13-14)16-4-2-1-3-5-16/h1-5,14-15,17,22H,6-13H2,(H2,19,20,23). The molecule has 0 aromatic heterocycles. The number of aliphatic hydroxyl groups is 1. The Labute approximate surface area is 138 Å². The second-order valence-corrected chi connectivity index (χ2v) is 6.80. The number of urea groups is 1. The Bertz CT molecular complexity index is 500. The van der Waals surface area contributed by atoms with E-state index in [-0.39, 0.29) is 18.2 Å². The van der Waals surface area contributed by atoms with Gasteiger partial charge in [0.15, 0.2) is 0 Å². The molecule has 3 N–H and O–H groups in total. The molecular formula is C18H27N3O2. The first-order valence-electron chi connectivity index (χ1n) is 8.73. The number of benzene rings is 1. The van der Waals surface area contributed by atoms with Crippen molar-refractivity contribution in [3.8, 4) is 0 Å². The van der Waals surface area contributed by atoms with Gasteiger partial charge in [0.1, 0.15) is 0 Å². The molecule has 1 aliphatic heterocycles. The summed E-state index contributed by atoms with van der Waals surface area (Å²) in [6.45, 7) is 2.78. The van der Waals surface area contributed by atoms with E-state index in [4.69, 9.17) is 0 Å². The molecule has 1 aromatic carbocycles. The number of anilines is 1. The third kappa shape index (κ3) is 4.61. The van der Waals surface area contributed by atoms with Crippen LogP contribution in [0.2, 0.25) is 0 Å². The van der Waals surface area contributed by atoms with Gasteiger partial charge in [0.05, 0.1) is 6.10 Å². The highest BCUT2D eigenvalue weighted by Crippen LogP contribution is 2.23. The Balaban J connectivity index is 1.37. The van der Waals surface area contributed by atoms with Crippen LogP contribution in [0, 0.1) is 5.92 Å². The van der Waals surface area contributed by atoms with Crippen molar-refractivity contribution in [2.45, 2.75) is 44.2 Å². The average Bonchev–Trinajstić information content (AvgIpc) is 3.05. The highest BCUT2D eigenvalue weighted by atomic mass is 16.3. The zero-order valence-corrected chi connectivity index (χ0v) is 13.6. The first-order valence-corrected chi connectivity index (χ1v) is 8.73. The lowest BCUT2D eigenvalue weighted by Gasteiger charge is -2.26. The van der Waals surface area contributed by atoms with Gasteiger partial charge in [-0.1, -0.05) is 18.2 Å². The van der Waals surface area contributed by atoms with Crippen LogP contribution in [-0.4, -0.2) is 42.9 Å². The van der Waals surface area contributed by atoms with Crippen LogP contribution in [0.25, 0.3) is 0 Å². The van der Waals surface area contributed by atoms with Crippen LogP contribution < -0.4 is 15.5 Å². The quantitative estimate of drug-likeness (QED) is 0.797. The van der Waals surface area contributed by atoms with E-state index in [0.29, 0.717) is 5.92 Å². The van der Waals surface area contributed by atoms with Gasteiger partial charge in [0.2, 0.25) is 0 Å². The summed E-state index contributed by atoms with van der Waals surface area (Å²) in [5.74, 6) is 0.508. The number of rotatable bonds is 4. The van der Waals surface area contributed by atoms with Crippen LogP contribution in [0.4, 0.5) is 10.5 Å². The fraction of sp³-hybridized carbons (Fsp3) is 0.611. The SMILES string of the molecule is O=C(NCC1CCN(c2ccccc2)C1)NC1CCC(O)CC1. The van der Waals surface area contributed by atoms with E-state index in [1.54, 1.807) is 0 Å². The van der Waals surface area contributed by atoms with Gasteiger partial charge >= 0.3 is 6.03 Å². The van der Waals surface area contributed by atoms with Crippen LogP contribution in [-0.2, 0) is 0 Å². The molecule has 5 heteroatoms. The van der Waals surface area contributed by atoms with Crippen molar-refractivity contribution >= 4 is 11.7 Å². The topological polar surface area (TPSA) is 64.6 Å². The molecule has 1 aliphatic carbocycles. The maximum absolute atomic E-state index is 12.0. The molecule has 1 heterocycles. The predicted octanol–water partition coefficient (Wildman–Crippen LogP) is 2.12. The van der Waals surface area contributed by atoms with E-state index in [2.05, 4.69) is 39.8 Å². The molecule has 0 spiro atoms. The smallest absolute Gasteiger partial charge is 0.315 e. The molecule has 126 valence electrons. The van der Waals surface area contributed by atoms with E-state index in [9.17, 15) is 9.90 Å². The van der Waals surface area contributed by atoms with Gasteiger partial charge < -0.3 is 20.6 Å². The summed E-state index contributed by atoms with van der Waals surface area (Å²) >= 11 is 0. The molecule has 1 aromatic rings. The zero-order valence-electron chi connectivity index (χ0n) is 13.6. The lowest BCUT2D eigenvalue weighted by molar-refractivity contribution is 0.117. The zero-order chi connectivity index (χ0) is 16.1. The largest absolute Gasteiger partial charge is 0.393 e. The van der Waals surface area contributed by atoms with Crippen molar-refractivity contribution in [3.63, 3.8) is 0 Å². The van der Waals surface area contributed by atoms with Crippen LogP contribution in [0.15, 0.2) is 30.3 Å². The Morgan fingerprint density at radius 2 is 1.87 bits per heavy atom. The van der Waals surface area contributed by atoms with E-state index in [0.717, 1.165) is 51.7 Å². The van der Waals surface area contributed by atoms with Crippen LogP contribution in [0.3, 0.4) is 0 Å². The van der Waals surface area contributed by atoms with Gasteiger partial charge in [0, 0.05) is 31.4 Å².